The number of likely N-dealkylation sites (N-methyl/N-ethyl adjacent to an activating group) is 1. The molecule has 0 bridgehead atoms. The Hall–Kier alpha value is -1.96. The van der Waals surface area contributed by atoms with E-state index in [9.17, 15) is 19.7 Å². The minimum absolute atomic E-state index is 0.0123. The van der Waals surface area contributed by atoms with Crippen molar-refractivity contribution < 1.29 is 19.2 Å². The topological polar surface area (TPSA) is 89.7 Å². The summed E-state index contributed by atoms with van der Waals surface area (Å²) in [5, 5.41) is 10.8. The van der Waals surface area contributed by atoms with Gasteiger partial charge in [0, 0.05) is 20.2 Å². The molecule has 1 aromatic carbocycles. The predicted molar refractivity (Wildman–Crippen MR) is 74.4 cm³/mol. The average molecular weight is 345 g/mol. The fourth-order valence-corrected chi connectivity index (χ4v) is 1.81. The number of halogens is 1. The Kier molecular flexibility index (Phi) is 5.20. The van der Waals surface area contributed by atoms with E-state index in [1.807, 2.05) is 0 Å². The first kappa shape index (κ1) is 16.1. The van der Waals surface area contributed by atoms with Gasteiger partial charge < -0.3 is 9.64 Å². The van der Waals surface area contributed by atoms with E-state index in [0.29, 0.717) is 0 Å². The summed E-state index contributed by atoms with van der Waals surface area (Å²) in [4.78, 5) is 34.9. The number of nitrogens with zero attached hydrogens (tertiary/aromatic N) is 2. The van der Waals surface area contributed by atoms with Crippen molar-refractivity contribution in [1.82, 2.24) is 4.90 Å². The summed E-state index contributed by atoms with van der Waals surface area (Å²) in [6, 6.07) is 3.86. The van der Waals surface area contributed by atoms with Gasteiger partial charge in [0.2, 0.25) is 0 Å². The van der Waals surface area contributed by atoms with Gasteiger partial charge >= 0.3 is 5.97 Å². The lowest BCUT2D eigenvalue weighted by molar-refractivity contribution is -0.385. The maximum Gasteiger partial charge on any atom is 0.339 e. The van der Waals surface area contributed by atoms with Gasteiger partial charge in [-0.05, 0) is 35.0 Å². The van der Waals surface area contributed by atoms with Crippen LogP contribution in [0.5, 0.6) is 0 Å². The van der Waals surface area contributed by atoms with Crippen LogP contribution in [0.3, 0.4) is 0 Å². The number of carbonyl (C=O) groups excluding carboxylic acids is 2. The van der Waals surface area contributed by atoms with Crippen molar-refractivity contribution in [2.75, 3.05) is 14.1 Å². The second-order valence-corrected chi connectivity index (χ2v) is 5.06. The SMILES string of the molecule is C[C@H](OC(=O)c1ccc(Br)c([N+](=O)[O-])c1)C(=O)N(C)C. The van der Waals surface area contributed by atoms with Gasteiger partial charge in [-0.1, -0.05) is 0 Å². The maximum atomic E-state index is 11.8. The molecule has 0 saturated heterocycles. The van der Waals surface area contributed by atoms with Crippen LogP contribution in [0.15, 0.2) is 22.7 Å². The molecule has 108 valence electrons. The number of benzene rings is 1. The molecule has 0 aromatic heterocycles. The van der Waals surface area contributed by atoms with E-state index < -0.39 is 17.0 Å². The van der Waals surface area contributed by atoms with Crippen molar-refractivity contribution in [2.45, 2.75) is 13.0 Å². The number of amides is 1. The summed E-state index contributed by atoms with van der Waals surface area (Å²) in [6.45, 7) is 1.44. The van der Waals surface area contributed by atoms with Gasteiger partial charge in [0.05, 0.1) is 15.0 Å². The summed E-state index contributed by atoms with van der Waals surface area (Å²) in [5.74, 6) is -1.16. The molecule has 0 saturated carbocycles. The maximum absolute atomic E-state index is 11.8. The third kappa shape index (κ3) is 3.77. The molecule has 0 aliphatic rings. The van der Waals surface area contributed by atoms with Crippen molar-refractivity contribution in [1.29, 1.82) is 0 Å². The largest absolute Gasteiger partial charge is 0.449 e. The Morgan fingerprint density at radius 3 is 2.50 bits per heavy atom. The van der Waals surface area contributed by atoms with Crippen molar-refractivity contribution in [3.63, 3.8) is 0 Å². The summed E-state index contributed by atoms with van der Waals surface area (Å²) < 4.78 is 5.23. The molecule has 0 aliphatic carbocycles. The van der Waals surface area contributed by atoms with Crippen LogP contribution in [-0.2, 0) is 9.53 Å². The summed E-state index contributed by atoms with van der Waals surface area (Å²) in [7, 11) is 3.08. The van der Waals surface area contributed by atoms with Crippen molar-refractivity contribution >= 4 is 33.5 Å². The number of nitro benzene ring substituents is 1. The third-order valence-electron chi connectivity index (χ3n) is 2.45. The normalized spacial score (nSPS) is 11.6. The third-order valence-corrected chi connectivity index (χ3v) is 3.12. The molecular formula is C12H13BrN2O5. The number of rotatable bonds is 4. The van der Waals surface area contributed by atoms with Crippen molar-refractivity contribution in [3.8, 4) is 0 Å². The molecule has 0 aliphatic heterocycles. The van der Waals surface area contributed by atoms with Gasteiger partial charge in [-0.3, -0.25) is 14.9 Å². The quantitative estimate of drug-likeness (QED) is 0.473. The molecule has 0 heterocycles. The average Bonchev–Trinajstić information content (AvgIpc) is 2.37. The number of nitro groups is 1. The Morgan fingerprint density at radius 2 is 2.00 bits per heavy atom. The molecule has 7 nitrogen and oxygen atoms in total. The standard InChI is InChI=1S/C12H13BrN2O5/c1-7(11(16)14(2)3)20-12(17)8-4-5-9(13)10(6-8)15(18)19/h4-7H,1-3H3/t7-/m0/s1. The molecule has 0 N–H and O–H groups in total. The second-order valence-electron chi connectivity index (χ2n) is 4.20. The first-order chi connectivity index (χ1) is 9.23. The minimum Gasteiger partial charge on any atom is -0.449 e. The van der Waals surface area contributed by atoms with Crippen LogP contribution in [-0.4, -0.2) is 41.9 Å². The Morgan fingerprint density at radius 1 is 1.40 bits per heavy atom. The summed E-state index contributed by atoms with van der Waals surface area (Å²) in [5.41, 5.74) is -0.232. The van der Waals surface area contributed by atoms with E-state index >= 15 is 0 Å². The van der Waals surface area contributed by atoms with Crippen LogP contribution >= 0.6 is 15.9 Å². The molecule has 20 heavy (non-hydrogen) atoms. The molecular weight excluding hydrogens is 332 g/mol. The number of hydrogen-bond acceptors (Lipinski definition) is 5. The van der Waals surface area contributed by atoms with Crippen molar-refractivity contribution in [3.05, 3.63) is 38.3 Å². The van der Waals surface area contributed by atoms with Gasteiger partial charge in [0.25, 0.3) is 11.6 Å². The number of carbonyl (C=O) groups is 2. The molecule has 0 radical (unpaired) electrons. The fraction of sp³-hybridized carbons (Fsp3) is 0.333. The first-order valence-electron chi connectivity index (χ1n) is 5.60. The molecule has 1 rings (SSSR count). The van der Waals surface area contributed by atoms with Crippen LogP contribution in [0.4, 0.5) is 5.69 Å². The van der Waals surface area contributed by atoms with E-state index in [1.54, 1.807) is 0 Å². The predicted octanol–water partition coefficient (Wildman–Crippen LogP) is 1.99. The highest BCUT2D eigenvalue weighted by molar-refractivity contribution is 9.10. The molecule has 1 amide bonds. The van der Waals surface area contributed by atoms with Gasteiger partial charge in [0.15, 0.2) is 6.10 Å². The number of ether oxygens (including phenoxy) is 1. The van der Waals surface area contributed by atoms with E-state index in [-0.39, 0.29) is 21.6 Å². The highest BCUT2D eigenvalue weighted by Crippen LogP contribution is 2.26. The molecule has 0 unspecified atom stereocenters. The smallest absolute Gasteiger partial charge is 0.339 e. The fourth-order valence-electron chi connectivity index (χ4n) is 1.42. The van der Waals surface area contributed by atoms with Crippen LogP contribution in [0.1, 0.15) is 17.3 Å². The van der Waals surface area contributed by atoms with Crippen LogP contribution < -0.4 is 0 Å². The lowest BCUT2D eigenvalue weighted by atomic mass is 10.2. The van der Waals surface area contributed by atoms with Crippen molar-refractivity contribution in [2.24, 2.45) is 0 Å². The van der Waals surface area contributed by atoms with Gasteiger partial charge in [-0.25, -0.2) is 4.79 Å². The zero-order valence-corrected chi connectivity index (χ0v) is 12.7. The van der Waals surface area contributed by atoms with E-state index in [1.165, 1.54) is 38.1 Å². The lowest BCUT2D eigenvalue weighted by Gasteiger charge is -2.17. The zero-order valence-electron chi connectivity index (χ0n) is 11.1. The van der Waals surface area contributed by atoms with Gasteiger partial charge in [-0.2, -0.15) is 0 Å². The zero-order chi connectivity index (χ0) is 15.4. The van der Waals surface area contributed by atoms with Crippen LogP contribution in [0.2, 0.25) is 0 Å². The highest BCUT2D eigenvalue weighted by atomic mass is 79.9. The summed E-state index contributed by atoms with van der Waals surface area (Å²) >= 11 is 3.02. The van der Waals surface area contributed by atoms with Gasteiger partial charge in [0.1, 0.15) is 0 Å². The van der Waals surface area contributed by atoms with E-state index in [0.717, 1.165) is 6.07 Å². The Balaban J connectivity index is 2.91. The minimum atomic E-state index is -0.958. The second kappa shape index (κ2) is 6.47. The molecule has 1 aromatic rings. The van der Waals surface area contributed by atoms with E-state index in [2.05, 4.69) is 15.9 Å². The Bertz CT molecular complexity index is 559. The van der Waals surface area contributed by atoms with Crippen LogP contribution in [0.25, 0.3) is 0 Å². The first-order valence-corrected chi connectivity index (χ1v) is 6.39. The van der Waals surface area contributed by atoms with Gasteiger partial charge in [-0.15, -0.1) is 0 Å². The van der Waals surface area contributed by atoms with E-state index in [4.69, 9.17) is 4.74 Å². The molecule has 1 atom stereocenters. The Labute approximate surface area is 123 Å². The number of hydrogen-bond donors (Lipinski definition) is 0. The summed E-state index contributed by atoms with van der Waals surface area (Å²) in [6.07, 6.45) is -0.958. The monoisotopic (exact) mass is 344 g/mol. The molecule has 8 heteroatoms. The highest BCUT2D eigenvalue weighted by Gasteiger charge is 2.22. The lowest BCUT2D eigenvalue weighted by Crippen LogP contribution is -2.34. The number of esters is 1. The van der Waals surface area contributed by atoms with Crippen LogP contribution in [0, 0.1) is 10.1 Å². The molecule has 0 fully saturated rings. The molecule has 0 spiro atoms.